The van der Waals surface area contributed by atoms with Crippen molar-refractivity contribution in [2.24, 2.45) is 11.8 Å². The van der Waals surface area contributed by atoms with Crippen LogP contribution in [0.2, 0.25) is 10.0 Å². The molecule has 1 saturated carbocycles. The van der Waals surface area contributed by atoms with Crippen LogP contribution in [0.1, 0.15) is 36.8 Å². The second kappa shape index (κ2) is 7.08. The third-order valence-corrected chi connectivity index (χ3v) is 6.77. The van der Waals surface area contributed by atoms with Gasteiger partial charge in [-0.05, 0) is 48.6 Å². The topological polar surface area (TPSA) is 65.5 Å². The van der Waals surface area contributed by atoms with Crippen LogP contribution in [0.15, 0.2) is 30.5 Å². The first kappa shape index (κ1) is 19.0. The van der Waals surface area contributed by atoms with E-state index in [1.54, 1.807) is 18.2 Å². The number of rotatable bonds is 4. The molecule has 5 atom stereocenters. The van der Waals surface area contributed by atoms with Crippen molar-refractivity contribution in [3.05, 3.63) is 51.6 Å². The molecule has 0 radical (unpaired) electrons. The smallest absolute Gasteiger partial charge is 0.238 e. The van der Waals surface area contributed by atoms with Crippen molar-refractivity contribution in [2.45, 2.75) is 44.3 Å². The minimum atomic E-state index is -0.746. The Bertz CT molecular complexity index is 996. The van der Waals surface area contributed by atoms with Crippen LogP contribution in [0, 0.1) is 11.8 Å². The number of ether oxygens (including phenoxy) is 2. The van der Waals surface area contributed by atoms with E-state index in [0.29, 0.717) is 17.2 Å². The lowest BCUT2D eigenvalue weighted by Gasteiger charge is -2.17. The fraction of sp³-hybridized carbons (Fsp3) is 0.409. The van der Waals surface area contributed by atoms with Crippen molar-refractivity contribution >= 4 is 34.8 Å². The van der Waals surface area contributed by atoms with Crippen molar-refractivity contribution in [2.75, 3.05) is 0 Å². The molecule has 0 spiro atoms. The van der Waals surface area contributed by atoms with Gasteiger partial charge in [0.1, 0.15) is 16.7 Å². The van der Waals surface area contributed by atoms with E-state index in [-0.39, 0.29) is 46.5 Å². The van der Waals surface area contributed by atoms with E-state index in [4.69, 9.17) is 32.7 Å². The Kier molecular flexibility index (Phi) is 4.65. The lowest BCUT2D eigenvalue weighted by molar-refractivity contribution is -0.127. The fourth-order valence-electron chi connectivity index (χ4n) is 5.05. The molecule has 2 aliphatic heterocycles. The van der Waals surface area contributed by atoms with Crippen molar-refractivity contribution in [3.63, 3.8) is 0 Å². The number of halogens is 2. The van der Waals surface area contributed by atoms with Gasteiger partial charge in [-0.2, -0.15) is 0 Å². The Morgan fingerprint density at radius 2 is 1.79 bits per heavy atom. The number of aromatic nitrogens is 1. The van der Waals surface area contributed by atoms with E-state index in [1.807, 2.05) is 13.0 Å². The zero-order valence-electron chi connectivity index (χ0n) is 15.7. The zero-order valence-corrected chi connectivity index (χ0v) is 17.2. The van der Waals surface area contributed by atoms with Crippen LogP contribution in [0.5, 0.6) is 11.6 Å². The highest BCUT2D eigenvalue weighted by molar-refractivity contribution is 6.35. The summed E-state index contributed by atoms with van der Waals surface area (Å²) in [4.78, 5) is 30.6. The number of ketones is 2. The van der Waals surface area contributed by atoms with Gasteiger partial charge in [0.25, 0.3) is 0 Å². The van der Waals surface area contributed by atoms with E-state index < -0.39 is 5.92 Å². The van der Waals surface area contributed by atoms with Gasteiger partial charge in [0.2, 0.25) is 5.88 Å². The summed E-state index contributed by atoms with van der Waals surface area (Å²) in [7, 11) is 0. The van der Waals surface area contributed by atoms with Crippen molar-refractivity contribution in [1.29, 1.82) is 0 Å². The number of nitrogens with zero attached hydrogens (tertiary/aromatic N) is 1. The first-order valence-electron chi connectivity index (χ1n) is 9.82. The maximum atomic E-state index is 13.2. The maximum Gasteiger partial charge on any atom is 0.238 e. The number of carbonyl (C=O) groups is 2. The first-order chi connectivity index (χ1) is 14.0. The number of aryl methyl sites for hydroxylation is 1. The van der Waals surface area contributed by atoms with Gasteiger partial charge in [-0.1, -0.05) is 36.2 Å². The normalized spacial score (nSPS) is 30.1. The minimum Gasteiger partial charge on any atom is -0.438 e. The van der Waals surface area contributed by atoms with Crippen LogP contribution >= 0.6 is 23.2 Å². The summed E-state index contributed by atoms with van der Waals surface area (Å²) in [5.74, 6) is -0.669. The molecule has 1 aromatic heterocycles. The molecule has 3 heterocycles. The summed E-state index contributed by atoms with van der Waals surface area (Å²) in [5.41, 5.74) is 1.69. The van der Waals surface area contributed by atoms with Crippen LogP contribution in [-0.4, -0.2) is 28.8 Å². The highest BCUT2D eigenvalue weighted by Crippen LogP contribution is 2.52. The third kappa shape index (κ3) is 2.98. The van der Waals surface area contributed by atoms with Crippen LogP contribution in [0.4, 0.5) is 0 Å². The molecule has 2 saturated heterocycles. The van der Waals surface area contributed by atoms with E-state index >= 15 is 0 Å². The number of fused-ring (bicyclic) bond motifs is 5. The maximum absolute atomic E-state index is 13.2. The molecule has 7 heteroatoms. The van der Waals surface area contributed by atoms with Gasteiger partial charge in [-0.25, -0.2) is 4.98 Å². The van der Waals surface area contributed by atoms with Crippen molar-refractivity contribution in [3.8, 4) is 11.6 Å². The quantitative estimate of drug-likeness (QED) is 0.652. The molecule has 5 nitrogen and oxygen atoms in total. The van der Waals surface area contributed by atoms with E-state index in [0.717, 1.165) is 24.0 Å². The average molecular weight is 432 g/mol. The van der Waals surface area contributed by atoms with Crippen LogP contribution in [0.3, 0.4) is 0 Å². The second-order valence-electron chi connectivity index (χ2n) is 7.84. The minimum absolute atomic E-state index is 0.0123. The van der Waals surface area contributed by atoms with Crippen molar-refractivity contribution < 1.29 is 19.1 Å². The number of pyridine rings is 1. The molecular formula is C22H19Cl2NO4. The Labute approximate surface area is 178 Å². The summed E-state index contributed by atoms with van der Waals surface area (Å²) < 4.78 is 11.7. The van der Waals surface area contributed by atoms with E-state index in [2.05, 4.69) is 4.98 Å². The van der Waals surface area contributed by atoms with Crippen molar-refractivity contribution in [1.82, 2.24) is 4.98 Å². The summed E-state index contributed by atoms with van der Waals surface area (Å²) in [5, 5.41) is 0.699. The summed E-state index contributed by atoms with van der Waals surface area (Å²) in [6.45, 7) is 2.01. The predicted molar refractivity (Wildman–Crippen MR) is 108 cm³/mol. The van der Waals surface area contributed by atoms with Crippen LogP contribution < -0.4 is 4.74 Å². The molecule has 3 fully saturated rings. The molecule has 5 rings (SSSR count). The molecule has 1 aliphatic carbocycles. The second-order valence-corrected chi connectivity index (χ2v) is 8.68. The Morgan fingerprint density at radius 3 is 2.41 bits per heavy atom. The highest BCUT2D eigenvalue weighted by atomic mass is 35.5. The first-order valence-corrected chi connectivity index (χ1v) is 10.6. The molecule has 3 aliphatic rings. The summed E-state index contributed by atoms with van der Waals surface area (Å²) in [6.07, 6.45) is 3.68. The van der Waals surface area contributed by atoms with E-state index in [1.165, 1.54) is 6.20 Å². The van der Waals surface area contributed by atoms with Gasteiger partial charge in [0.05, 0.1) is 29.1 Å². The number of carbonyl (C=O) groups excluding carboxylic acids is 2. The standard InChI is InChI=1S/C22H19Cl2NO4/c1-2-10-3-4-12(28-22-14(24)7-11(23)9-25-22)8-13(10)17-20(26)18-15-5-6-16(29-15)19(18)21(17)27/h3-4,7-9,15-19H,2,5-6H2,1H3/t15-,16+,17?,18-,19+. The van der Waals surface area contributed by atoms with Gasteiger partial charge in [0.15, 0.2) is 11.6 Å². The number of Topliss-reactive ketones (excluding diaryl/α,β-unsaturated/α-hetero) is 2. The Hall–Kier alpha value is -1.95. The lowest BCUT2D eigenvalue weighted by atomic mass is 9.81. The van der Waals surface area contributed by atoms with Gasteiger partial charge < -0.3 is 9.47 Å². The molecule has 150 valence electrons. The van der Waals surface area contributed by atoms with Gasteiger partial charge in [-0.3, -0.25) is 9.59 Å². The predicted octanol–water partition coefficient (Wildman–Crippen LogP) is 4.77. The Morgan fingerprint density at radius 1 is 1.10 bits per heavy atom. The molecule has 1 aromatic carbocycles. The molecular weight excluding hydrogens is 413 g/mol. The van der Waals surface area contributed by atoms with Gasteiger partial charge in [0, 0.05) is 6.20 Å². The molecule has 29 heavy (non-hydrogen) atoms. The number of hydrogen-bond donors (Lipinski definition) is 0. The van der Waals surface area contributed by atoms with Crippen LogP contribution in [-0.2, 0) is 20.7 Å². The average Bonchev–Trinajstić information content (AvgIpc) is 3.38. The largest absolute Gasteiger partial charge is 0.438 e. The molecule has 1 unspecified atom stereocenters. The molecule has 0 N–H and O–H groups in total. The molecule has 2 aromatic rings. The van der Waals surface area contributed by atoms with Crippen LogP contribution in [0.25, 0.3) is 0 Å². The Balaban J connectivity index is 1.50. The molecule has 0 amide bonds. The number of benzene rings is 1. The number of hydrogen-bond acceptors (Lipinski definition) is 5. The third-order valence-electron chi connectivity index (χ3n) is 6.30. The fourth-order valence-corrected chi connectivity index (χ4v) is 5.47. The SMILES string of the molecule is CCc1ccc(Oc2ncc(Cl)cc2Cl)cc1C1C(=O)[C@@H]2[C@H](C1=O)[C@H]1CC[C@@H]2O1. The summed E-state index contributed by atoms with van der Waals surface area (Å²) in [6, 6.07) is 7.02. The highest BCUT2D eigenvalue weighted by Gasteiger charge is 2.63. The monoisotopic (exact) mass is 431 g/mol. The lowest BCUT2D eigenvalue weighted by Crippen LogP contribution is -2.29. The zero-order chi connectivity index (χ0) is 20.3. The van der Waals surface area contributed by atoms with E-state index in [9.17, 15) is 9.59 Å². The van der Waals surface area contributed by atoms with Gasteiger partial charge >= 0.3 is 0 Å². The van der Waals surface area contributed by atoms with Gasteiger partial charge in [-0.15, -0.1) is 0 Å². The molecule has 2 bridgehead atoms. The summed E-state index contributed by atoms with van der Waals surface area (Å²) >= 11 is 12.1.